The molecule has 80 valence electrons. The fraction of sp³-hybridized carbons (Fsp3) is 0.400. The molecular formula is C10H14N4O. The number of aromatic nitrogens is 1. The van der Waals surface area contributed by atoms with Crippen molar-refractivity contribution in [2.24, 2.45) is 5.73 Å². The number of carbonyl (C=O) groups excluding carboxylic acids is 1. The summed E-state index contributed by atoms with van der Waals surface area (Å²) in [5.74, 6) is 0.0346. The first-order chi connectivity index (χ1) is 6.99. The summed E-state index contributed by atoms with van der Waals surface area (Å²) < 4.78 is 1.75. The zero-order chi connectivity index (χ0) is 11.6. The van der Waals surface area contributed by atoms with Gasteiger partial charge in [-0.3, -0.25) is 4.79 Å². The topological polar surface area (TPSA) is 97.8 Å². The molecule has 0 saturated heterocycles. The molecule has 0 spiro atoms. The van der Waals surface area contributed by atoms with Gasteiger partial charge in [0, 0.05) is 18.7 Å². The highest BCUT2D eigenvalue weighted by Crippen LogP contribution is 2.23. The lowest BCUT2D eigenvalue weighted by atomic mass is 10.2. The Morgan fingerprint density at radius 1 is 1.53 bits per heavy atom. The van der Waals surface area contributed by atoms with Crippen LogP contribution in [-0.2, 0) is 11.3 Å². The van der Waals surface area contributed by atoms with Gasteiger partial charge in [0.1, 0.15) is 11.9 Å². The number of nitrogens with zero attached hydrogens (tertiary/aromatic N) is 2. The van der Waals surface area contributed by atoms with Crippen molar-refractivity contribution in [3.63, 3.8) is 0 Å². The highest BCUT2D eigenvalue weighted by Gasteiger charge is 2.14. The molecule has 1 aromatic rings. The minimum absolute atomic E-state index is 0.226. The molecular weight excluding hydrogens is 192 g/mol. The van der Waals surface area contributed by atoms with Gasteiger partial charge in [-0.05, 0) is 19.4 Å². The van der Waals surface area contributed by atoms with Gasteiger partial charge in [0.25, 0.3) is 0 Å². The summed E-state index contributed by atoms with van der Waals surface area (Å²) in [5, 5.41) is 8.88. The zero-order valence-corrected chi connectivity index (χ0v) is 8.87. The van der Waals surface area contributed by atoms with E-state index in [1.54, 1.807) is 4.57 Å². The molecule has 0 aliphatic heterocycles. The summed E-state index contributed by atoms with van der Waals surface area (Å²) >= 11 is 0. The third kappa shape index (κ3) is 1.94. The SMILES string of the molecule is Cc1c(C#N)c(N)n(CCC(N)=O)c1C. The van der Waals surface area contributed by atoms with Gasteiger partial charge in [0.15, 0.2) is 0 Å². The van der Waals surface area contributed by atoms with Crippen molar-refractivity contribution in [1.82, 2.24) is 4.57 Å². The molecule has 1 amide bonds. The van der Waals surface area contributed by atoms with Gasteiger partial charge in [0.05, 0.1) is 5.56 Å². The van der Waals surface area contributed by atoms with E-state index in [9.17, 15) is 4.79 Å². The van der Waals surface area contributed by atoms with E-state index in [4.69, 9.17) is 16.7 Å². The van der Waals surface area contributed by atoms with Gasteiger partial charge in [-0.1, -0.05) is 0 Å². The lowest BCUT2D eigenvalue weighted by Crippen LogP contribution is -2.15. The maximum absolute atomic E-state index is 10.7. The van der Waals surface area contributed by atoms with E-state index < -0.39 is 0 Å². The van der Waals surface area contributed by atoms with Gasteiger partial charge in [-0.25, -0.2) is 0 Å². The Bertz CT molecular complexity index is 439. The van der Waals surface area contributed by atoms with Gasteiger partial charge in [-0.15, -0.1) is 0 Å². The average Bonchev–Trinajstić information content (AvgIpc) is 2.36. The average molecular weight is 206 g/mol. The molecule has 0 unspecified atom stereocenters. The van der Waals surface area contributed by atoms with E-state index in [2.05, 4.69) is 6.07 Å². The number of anilines is 1. The highest BCUT2D eigenvalue weighted by atomic mass is 16.1. The molecule has 0 radical (unpaired) electrons. The van der Waals surface area contributed by atoms with Crippen LogP contribution in [0.5, 0.6) is 0 Å². The summed E-state index contributed by atoms with van der Waals surface area (Å²) in [6.45, 7) is 4.13. The molecule has 1 aromatic heterocycles. The van der Waals surface area contributed by atoms with Crippen molar-refractivity contribution in [2.75, 3.05) is 5.73 Å². The second-order valence-corrected chi connectivity index (χ2v) is 3.45. The molecule has 0 atom stereocenters. The summed E-state index contributed by atoms with van der Waals surface area (Å²) in [6, 6.07) is 2.05. The Hall–Kier alpha value is -1.96. The number of nitrogens with two attached hydrogens (primary N) is 2. The number of carbonyl (C=O) groups is 1. The van der Waals surface area contributed by atoms with Crippen LogP contribution in [0.3, 0.4) is 0 Å². The van der Waals surface area contributed by atoms with Crippen LogP contribution < -0.4 is 11.5 Å². The molecule has 15 heavy (non-hydrogen) atoms. The molecule has 5 nitrogen and oxygen atoms in total. The van der Waals surface area contributed by atoms with Crippen LogP contribution in [-0.4, -0.2) is 10.5 Å². The van der Waals surface area contributed by atoms with E-state index in [1.807, 2.05) is 13.8 Å². The maximum Gasteiger partial charge on any atom is 0.219 e. The van der Waals surface area contributed by atoms with E-state index in [0.717, 1.165) is 11.3 Å². The van der Waals surface area contributed by atoms with Crippen LogP contribution in [0.15, 0.2) is 0 Å². The molecule has 0 aliphatic carbocycles. The summed E-state index contributed by atoms with van der Waals surface area (Å²) in [7, 11) is 0. The van der Waals surface area contributed by atoms with Crippen LogP contribution in [0.25, 0.3) is 0 Å². The van der Waals surface area contributed by atoms with Gasteiger partial charge >= 0.3 is 0 Å². The van der Waals surface area contributed by atoms with Crippen LogP contribution >= 0.6 is 0 Å². The van der Waals surface area contributed by atoms with Crippen LogP contribution in [0.1, 0.15) is 23.2 Å². The Morgan fingerprint density at radius 2 is 2.13 bits per heavy atom. The molecule has 1 rings (SSSR count). The summed E-state index contributed by atoms with van der Waals surface area (Å²) in [6.07, 6.45) is 0.226. The molecule has 0 fully saturated rings. The van der Waals surface area contributed by atoms with E-state index >= 15 is 0 Å². The van der Waals surface area contributed by atoms with Crippen molar-refractivity contribution >= 4 is 11.7 Å². The van der Waals surface area contributed by atoms with E-state index in [0.29, 0.717) is 17.9 Å². The first-order valence-electron chi connectivity index (χ1n) is 4.62. The number of rotatable bonds is 3. The molecule has 0 aliphatic rings. The van der Waals surface area contributed by atoms with Crippen LogP contribution in [0.2, 0.25) is 0 Å². The fourth-order valence-corrected chi connectivity index (χ4v) is 1.54. The Morgan fingerprint density at radius 3 is 2.53 bits per heavy atom. The minimum atomic E-state index is -0.376. The zero-order valence-electron chi connectivity index (χ0n) is 8.87. The number of nitriles is 1. The van der Waals surface area contributed by atoms with Gasteiger partial charge in [0.2, 0.25) is 5.91 Å². The predicted octanol–water partition coefficient (Wildman–Crippen LogP) is 0.434. The first-order valence-corrected chi connectivity index (χ1v) is 4.62. The quantitative estimate of drug-likeness (QED) is 0.750. The number of amides is 1. The summed E-state index contributed by atoms with van der Waals surface area (Å²) in [5.41, 5.74) is 13.1. The third-order valence-electron chi connectivity index (χ3n) is 2.56. The fourth-order valence-electron chi connectivity index (χ4n) is 1.54. The van der Waals surface area contributed by atoms with Crippen molar-refractivity contribution in [2.45, 2.75) is 26.8 Å². The van der Waals surface area contributed by atoms with Gasteiger partial charge < -0.3 is 16.0 Å². The Labute approximate surface area is 88.3 Å². The summed E-state index contributed by atoms with van der Waals surface area (Å²) in [4.78, 5) is 10.7. The van der Waals surface area contributed by atoms with E-state index in [1.165, 1.54) is 0 Å². The lowest BCUT2D eigenvalue weighted by Gasteiger charge is -2.06. The maximum atomic E-state index is 10.7. The number of nitrogen functional groups attached to an aromatic ring is 1. The smallest absolute Gasteiger partial charge is 0.219 e. The molecule has 1 heterocycles. The lowest BCUT2D eigenvalue weighted by molar-refractivity contribution is -0.118. The number of primary amides is 1. The van der Waals surface area contributed by atoms with Crippen molar-refractivity contribution < 1.29 is 4.79 Å². The second kappa shape index (κ2) is 4.05. The minimum Gasteiger partial charge on any atom is -0.384 e. The highest BCUT2D eigenvalue weighted by molar-refractivity contribution is 5.73. The largest absolute Gasteiger partial charge is 0.384 e. The normalized spacial score (nSPS) is 9.93. The first kappa shape index (κ1) is 11.1. The van der Waals surface area contributed by atoms with Crippen molar-refractivity contribution in [3.05, 3.63) is 16.8 Å². The molecule has 0 aromatic carbocycles. The van der Waals surface area contributed by atoms with E-state index in [-0.39, 0.29) is 12.3 Å². The van der Waals surface area contributed by atoms with Crippen LogP contribution in [0, 0.1) is 25.2 Å². The molecule has 0 saturated carbocycles. The molecule has 4 N–H and O–H groups in total. The second-order valence-electron chi connectivity index (χ2n) is 3.45. The molecule has 0 bridgehead atoms. The third-order valence-corrected chi connectivity index (χ3v) is 2.56. The predicted molar refractivity (Wildman–Crippen MR) is 56.8 cm³/mol. The molecule has 5 heteroatoms. The Kier molecular flexibility index (Phi) is 3.00. The van der Waals surface area contributed by atoms with Crippen molar-refractivity contribution in [1.29, 1.82) is 5.26 Å². The Balaban J connectivity index is 3.09. The van der Waals surface area contributed by atoms with Gasteiger partial charge in [-0.2, -0.15) is 5.26 Å². The monoisotopic (exact) mass is 206 g/mol. The number of hydrogen-bond donors (Lipinski definition) is 2. The standard InChI is InChI=1S/C10H14N4O/c1-6-7(2)14(4-3-9(12)15)10(13)8(6)5-11/h3-4,13H2,1-2H3,(H2,12,15). The van der Waals surface area contributed by atoms with Crippen molar-refractivity contribution in [3.8, 4) is 6.07 Å². The number of hydrogen-bond acceptors (Lipinski definition) is 3. The van der Waals surface area contributed by atoms with Crippen LogP contribution in [0.4, 0.5) is 5.82 Å².